The highest BCUT2D eigenvalue weighted by Gasteiger charge is 2.25. The number of rotatable bonds is 2. The summed E-state index contributed by atoms with van der Waals surface area (Å²) in [4.78, 5) is 7.20. The third-order valence-electron chi connectivity index (χ3n) is 5.58. The van der Waals surface area contributed by atoms with Crippen molar-refractivity contribution in [1.29, 1.82) is 0 Å². The summed E-state index contributed by atoms with van der Waals surface area (Å²) in [5.41, 5.74) is 5.79. The molecule has 0 unspecified atom stereocenters. The van der Waals surface area contributed by atoms with E-state index in [1.54, 1.807) is 5.56 Å². The third kappa shape index (κ3) is 2.59. The molecule has 1 aromatic heterocycles. The number of hydrogen-bond donors (Lipinski definition) is 0. The molecule has 1 aliphatic heterocycles. The number of aryl methyl sites for hydroxylation is 2. The van der Waals surface area contributed by atoms with Gasteiger partial charge in [-0.25, -0.2) is 9.67 Å². The molecule has 23 heavy (non-hydrogen) atoms. The van der Waals surface area contributed by atoms with Crippen molar-refractivity contribution in [2.75, 3.05) is 20.1 Å². The quantitative estimate of drug-likeness (QED) is 0.853. The molecule has 2 aliphatic rings. The fraction of sp³-hybridized carbons (Fsp3) is 0.579. The van der Waals surface area contributed by atoms with Crippen LogP contribution in [0.3, 0.4) is 0 Å². The van der Waals surface area contributed by atoms with Gasteiger partial charge in [0.25, 0.3) is 0 Å². The Balaban J connectivity index is 1.75. The lowest BCUT2D eigenvalue weighted by Gasteiger charge is -2.29. The molecule has 4 nitrogen and oxygen atoms in total. The van der Waals surface area contributed by atoms with E-state index in [0.29, 0.717) is 6.04 Å². The first-order chi connectivity index (χ1) is 11.1. The maximum absolute atomic E-state index is 4.80. The Kier molecular flexibility index (Phi) is 3.72. The van der Waals surface area contributed by atoms with E-state index < -0.39 is 0 Å². The molecular weight excluding hydrogens is 284 g/mol. The van der Waals surface area contributed by atoms with Crippen molar-refractivity contribution >= 4 is 0 Å². The second-order valence-electron chi connectivity index (χ2n) is 7.19. The second kappa shape index (κ2) is 5.75. The minimum Gasteiger partial charge on any atom is -0.306 e. The minimum atomic E-state index is 0.482. The molecule has 4 rings (SSSR count). The summed E-state index contributed by atoms with van der Waals surface area (Å²) in [6.07, 6.45) is 6.07. The summed E-state index contributed by atoms with van der Waals surface area (Å²) in [5.74, 6) is 1.96. The van der Waals surface area contributed by atoms with Gasteiger partial charge in [-0.15, -0.1) is 0 Å². The van der Waals surface area contributed by atoms with Gasteiger partial charge in [0.05, 0.1) is 6.04 Å². The van der Waals surface area contributed by atoms with E-state index in [4.69, 9.17) is 10.1 Å². The molecule has 122 valence electrons. The SMILES string of the molecule is Cc1nc(-c2ccc3c(c2C)CCC3)n(C2CCN(C)CC2)n1. The van der Waals surface area contributed by atoms with Crippen molar-refractivity contribution in [3.8, 4) is 11.4 Å². The van der Waals surface area contributed by atoms with Gasteiger partial charge in [-0.1, -0.05) is 12.1 Å². The van der Waals surface area contributed by atoms with E-state index in [1.165, 1.54) is 36.0 Å². The molecule has 1 saturated heterocycles. The van der Waals surface area contributed by atoms with E-state index in [0.717, 1.165) is 37.6 Å². The van der Waals surface area contributed by atoms with Gasteiger partial charge in [-0.3, -0.25) is 0 Å². The lowest BCUT2D eigenvalue weighted by molar-refractivity contribution is 0.213. The summed E-state index contributed by atoms with van der Waals surface area (Å²) in [7, 11) is 2.20. The molecule has 0 radical (unpaired) electrons. The van der Waals surface area contributed by atoms with Crippen molar-refractivity contribution in [3.05, 3.63) is 34.6 Å². The highest BCUT2D eigenvalue weighted by Crippen LogP contribution is 2.34. The molecule has 0 spiro atoms. The van der Waals surface area contributed by atoms with Crippen LogP contribution in [-0.2, 0) is 12.8 Å². The van der Waals surface area contributed by atoms with Crippen LogP contribution in [0.1, 0.15) is 47.8 Å². The standard InChI is InChI=1S/C19H26N4/c1-13-17-6-4-5-15(17)7-8-18(13)19-20-14(2)21-23(19)16-9-11-22(3)12-10-16/h7-8,16H,4-6,9-12H2,1-3H3. The fourth-order valence-electron chi connectivity index (χ4n) is 4.20. The molecule has 0 bridgehead atoms. The number of aromatic nitrogens is 3. The van der Waals surface area contributed by atoms with Gasteiger partial charge in [-0.2, -0.15) is 5.10 Å². The second-order valence-corrected chi connectivity index (χ2v) is 7.19. The van der Waals surface area contributed by atoms with E-state index in [2.05, 4.69) is 35.7 Å². The zero-order valence-corrected chi connectivity index (χ0v) is 14.5. The first-order valence-corrected chi connectivity index (χ1v) is 8.87. The largest absolute Gasteiger partial charge is 0.306 e. The molecule has 4 heteroatoms. The smallest absolute Gasteiger partial charge is 0.158 e. The zero-order chi connectivity index (χ0) is 16.0. The molecule has 1 aromatic carbocycles. The van der Waals surface area contributed by atoms with Crippen LogP contribution in [0.5, 0.6) is 0 Å². The lowest BCUT2D eigenvalue weighted by atomic mass is 9.97. The van der Waals surface area contributed by atoms with E-state index in [9.17, 15) is 0 Å². The summed E-state index contributed by atoms with van der Waals surface area (Å²) < 4.78 is 2.21. The monoisotopic (exact) mass is 310 g/mol. The number of hydrogen-bond acceptors (Lipinski definition) is 3. The third-order valence-corrected chi connectivity index (χ3v) is 5.58. The molecule has 0 atom stereocenters. The molecule has 1 fully saturated rings. The maximum Gasteiger partial charge on any atom is 0.158 e. The Morgan fingerprint density at radius 2 is 1.87 bits per heavy atom. The average Bonchev–Trinajstić information content (AvgIpc) is 3.15. The Bertz CT molecular complexity index is 723. The first kappa shape index (κ1) is 14.9. The fourth-order valence-corrected chi connectivity index (χ4v) is 4.20. The van der Waals surface area contributed by atoms with Gasteiger partial charge >= 0.3 is 0 Å². The van der Waals surface area contributed by atoms with Crippen LogP contribution in [0.15, 0.2) is 12.1 Å². The topological polar surface area (TPSA) is 34.0 Å². The number of piperidine rings is 1. The summed E-state index contributed by atoms with van der Waals surface area (Å²) in [6.45, 7) is 6.57. The molecule has 0 N–H and O–H groups in total. The van der Waals surface area contributed by atoms with Crippen LogP contribution in [0.4, 0.5) is 0 Å². The van der Waals surface area contributed by atoms with E-state index in [-0.39, 0.29) is 0 Å². The zero-order valence-electron chi connectivity index (χ0n) is 14.5. The van der Waals surface area contributed by atoms with Gasteiger partial charge in [0.15, 0.2) is 5.82 Å². The van der Waals surface area contributed by atoms with Crippen LogP contribution in [-0.4, -0.2) is 39.8 Å². The van der Waals surface area contributed by atoms with Crippen molar-refractivity contribution in [2.24, 2.45) is 0 Å². The van der Waals surface area contributed by atoms with Crippen LogP contribution >= 0.6 is 0 Å². The van der Waals surface area contributed by atoms with Crippen LogP contribution in [0.2, 0.25) is 0 Å². The van der Waals surface area contributed by atoms with Crippen molar-refractivity contribution in [2.45, 2.75) is 52.0 Å². The minimum absolute atomic E-state index is 0.482. The molecule has 0 amide bonds. The van der Waals surface area contributed by atoms with Gasteiger partial charge in [0.2, 0.25) is 0 Å². The molecule has 0 saturated carbocycles. The predicted molar refractivity (Wildman–Crippen MR) is 92.7 cm³/mol. The summed E-state index contributed by atoms with van der Waals surface area (Å²) in [5, 5.41) is 4.76. The molecule has 2 aromatic rings. The van der Waals surface area contributed by atoms with Gasteiger partial charge in [0.1, 0.15) is 5.82 Å². The lowest BCUT2D eigenvalue weighted by Crippen LogP contribution is -2.32. The number of likely N-dealkylation sites (tertiary alicyclic amines) is 1. The first-order valence-electron chi connectivity index (χ1n) is 8.87. The Labute approximate surface area is 138 Å². The maximum atomic E-state index is 4.80. The molecule has 2 heterocycles. The number of fused-ring (bicyclic) bond motifs is 1. The van der Waals surface area contributed by atoms with Crippen molar-refractivity contribution in [3.63, 3.8) is 0 Å². The van der Waals surface area contributed by atoms with E-state index in [1.807, 2.05) is 6.92 Å². The Morgan fingerprint density at radius 1 is 1.09 bits per heavy atom. The predicted octanol–water partition coefficient (Wildman–Crippen LogP) is 3.32. The number of benzene rings is 1. The van der Waals surface area contributed by atoms with Gasteiger partial charge < -0.3 is 4.90 Å². The average molecular weight is 310 g/mol. The summed E-state index contributed by atoms with van der Waals surface area (Å²) in [6, 6.07) is 5.07. The molecular formula is C19H26N4. The van der Waals surface area contributed by atoms with Gasteiger partial charge in [-0.05, 0) is 82.8 Å². The normalized spacial score (nSPS) is 19.3. The number of nitrogens with zero attached hydrogens (tertiary/aromatic N) is 4. The van der Waals surface area contributed by atoms with Crippen LogP contribution in [0, 0.1) is 13.8 Å². The van der Waals surface area contributed by atoms with Crippen LogP contribution < -0.4 is 0 Å². The van der Waals surface area contributed by atoms with Gasteiger partial charge in [0, 0.05) is 5.56 Å². The van der Waals surface area contributed by atoms with Crippen molar-refractivity contribution < 1.29 is 0 Å². The van der Waals surface area contributed by atoms with E-state index >= 15 is 0 Å². The highest BCUT2D eigenvalue weighted by atomic mass is 15.4. The van der Waals surface area contributed by atoms with Crippen LogP contribution in [0.25, 0.3) is 11.4 Å². The van der Waals surface area contributed by atoms with Crippen molar-refractivity contribution in [1.82, 2.24) is 19.7 Å². The Morgan fingerprint density at radius 3 is 2.65 bits per heavy atom. The summed E-state index contributed by atoms with van der Waals surface area (Å²) >= 11 is 0. The highest BCUT2D eigenvalue weighted by molar-refractivity contribution is 5.64. The molecule has 1 aliphatic carbocycles. The Hall–Kier alpha value is -1.68.